The van der Waals surface area contributed by atoms with Crippen molar-refractivity contribution in [2.75, 3.05) is 38.3 Å². The fourth-order valence-electron chi connectivity index (χ4n) is 3.69. The molecule has 3 aliphatic heterocycles. The molecule has 2 saturated heterocycles. The van der Waals surface area contributed by atoms with Crippen molar-refractivity contribution in [3.05, 3.63) is 18.2 Å². The number of urea groups is 1. The molecule has 0 radical (unpaired) electrons. The van der Waals surface area contributed by atoms with E-state index in [0.717, 1.165) is 45.3 Å². The molecule has 2 fully saturated rings. The standard InChI is InChI=1S/C18H23N3O4/c22-17(19-14-5-6-15-16(10-14)25-12-24-15)13-4-3-9-21(11-13)18(23)20-7-1-2-8-20/h5-6,10,13H,1-4,7-9,11-12H2,(H,19,22)/t13-/m1/s1. The largest absolute Gasteiger partial charge is 0.454 e. The predicted octanol–water partition coefficient (Wildman–Crippen LogP) is 2.28. The van der Waals surface area contributed by atoms with Gasteiger partial charge in [0, 0.05) is 37.9 Å². The quantitative estimate of drug-likeness (QED) is 0.893. The number of benzene rings is 1. The second-order valence-electron chi connectivity index (χ2n) is 6.82. The Morgan fingerprint density at radius 2 is 1.76 bits per heavy atom. The summed E-state index contributed by atoms with van der Waals surface area (Å²) in [5.74, 6) is 1.12. The van der Waals surface area contributed by atoms with Gasteiger partial charge in [0.05, 0.1) is 5.92 Å². The number of hydrogen-bond acceptors (Lipinski definition) is 4. The molecular formula is C18H23N3O4. The monoisotopic (exact) mass is 345 g/mol. The first-order chi connectivity index (χ1) is 12.2. The second kappa shape index (κ2) is 6.82. The van der Waals surface area contributed by atoms with E-state index in [1.165, 1.54) is 0 Å². The fraction of sp³-hybridized carbons (Fsp3) is 0.556. The Balaban J connectivity index is 1.37. The molecule has 0 aliphatic carbocycles. The van der Waals surface area contributed by atoms with Gasteiger partial charge in [0.2, 0.25) is 12.7 Å². The second-order valence-corrected chi connectivity index (χ2v) is 6.82. The molecule has 0 spiro atoms. The molecule has 3 amide bonds. The van der Waals surface area contributed by atoms with E-state index in [0.29, 0.717) is 23.7 Å². The fourth-order valence-corrected chi connectivity index (χ4v) is 3.69. The lowest BCUT2D eigenvalue weighted by atomic mass is 9.97. The number of ether oxygens (including phenoxy) is 2. The molecular weight excluding hydrogens is 322 g/mol. The van der Waals surface area contributed by atoms with E-state index < -0.39 is 0 Å². The van der Waals surface area contributed by atoms with E-state index in [2.05, 4.69) is 5.32 Å². The maximum absolute atomic E-state index is 12.6. The van der Waals surface area contributed by atoms with Gasteiger partial charge in [-0.3, -0.25) is 4.79 Å². The Morgan fingerprint density at radius 3 is 2.60 bits per heavy atom. The minimum absolute atomic E-state index is 0.0437. The summed E-state index contributed by atoms with van der Waals surface area (Å²) in [6.45, 7) is 3.12. The van der Waals surface area contributed by atoms with Crippen molar-refractivity contribution in [3.8, 4) is 11.5 Å². The minimum Gasteiger partial charge on any atom is -0.454 e. The zero-order chi connectivity index (χ0) is 17.2. The van der Waals surface area contributed by atoms with Gasteiger partial charge in [-0.15, -0.1) is 0 Å². The molecule has 4 rings (SSSR count). The van der Waals surface area contributed by atoms with Gasteiger partial charge in [0.1, 0.15) is 0 Å². The van der Waals surface area contributed by atoms with E-state index in [-0.39, 0.29) is 24.6 Å². The Bertz CT molecular complexity index is 672. The van der Waals surface area contributed by atoms with Crippen molar-refractivity contribution in [2.45, 2.75) is 25.7 Å². The van der Waals surface area contributed by atoms with Gasteiger partial charge in [0.25, 0.3) is 0 Å². The molecule has 3 aliphatic rings. The maximum Gasteiger partial charge on any atom is 0.320 e. The van der Waals surface area contributed by atoms with Crippen LogP contribution in [-0.2, 0) is 4.79 Å². The molecule has 1 aromatic rings. The first-order valence-electron chi connectivity index (χ1n) is 8.95. The van der Waals surface area contributed by atoms with Crippen molar-refractivity contribution in [1.82, 2.24) is 9.80 Å². The topological polar surface area (TPSA) is 71.1 Å². The first kappa shape index (κ1) is 16.1. The smallest absolute Gasteiger partial charge is 0.320 e. The van der Waals surface area contributed by atoms with Gasteiger partial charge >= 0.3 is 6.03 Å². The minimum atomic E-state index is -0.175. The summed E-state index contributed by atoms with van der Waals surface area (Å²) in [6.07, 6.45) is 3.82. The van der Waals surface area contributed by atoms with Crippen LogP contribution in [0.25, 0.3) is 0 Å². The zero-order valence-electron chi connectivity index (χ0n) is 14.2. The molecule has 3 heterocycles. The van der Waals surface area contributed by atoms with Crippen molar-refractivity contribution < 1.29 is 19.1 Å². The Labute approximate surface area is 146 Å². The van der Waals surface area contributed by atoms with Crippen LogP contribution in [0.1, 0.15) is 25.7 Å². The highest BCUT2D eigenvalue weighted by Gasteiger charge is 2.31. The number of rotatable bonds is 2. The molecule has 0 saturated carbocycles. The number of anilines is 1. The summed E-state index contributed by atoms with van der Waals surface area (Å²) < 4.78 is 10.6. The number of carbonyl (C=O) groups excluding carboxylic acids is 2. The highest BCUT2D eigenvalue weighted by molar-refractivity contribution is 5.93. The van der Waals surface area contributed by atoms with Crippen LogP contribution in [-0.4, -0.2) is 54.7 Å². The van der Waals surface area contributed by atoms with Crippen LogP contribution < -0.4 is 14.8 Å². The van der Waals surface area contributed by atoms with Crippen LogP contribution in [0.4, 0.5) is 10.5 Å². The van der Waals surface area contributed by atoms with Crippen molar-refractivity contribution >= 4 is 17.6 Å². The lowest BCUT2D eigenvalue weighted by Crippen LogP contribution is -2.48. The summed E-state index contributed by atoms with van der Waals surface area (Å²) in [6, 6.07) is 5.46. The van der Waals surface area contributed by atoms with Crippen LogP contribution in [0.5, 0.6) is 11.5 Å². The van der Waals surface area contributed by atoms with E-state index in [4.69, 9.17) is 9.47 Å². The lowest BCUT2D eigenvalue weighted by Gasteiger charge is -2.34. The molecule has 1 atom stereocenters. The number of likely N-dealkylation sites (tertiary alicyclic amines) is 2. The predicted molar refractivity (Wildman–Crippen MR) is 91.7 cm³/mol. The number of fused-ring (bicyclic) bond motifs is 1. The number of hydrogen-bond donors (Lipinski definition) is 1. The summed E-state index contributed by atoms with van der Waals surface area (Å²) >= 11 is 0. The maximum atomic E-state index is 12.6. The third-order valence-electron chi connectivity index (χ3n) is 5.08. The molecule has 1 N–H and O–H groups in total. The lowest BCUT2D eigenvalue weighted by molar-refractivity contribution is -0.121. The molecule has 0 unspecified atom stereocenters. The van der Waals surface area contributed by atoms with E-state index in [1.54, 1.807) is 18.2 Å². The Hall–Kier alpha value is -2.44. The average molecular weight is 345 g/mol. The Morgan fingerprint density at radius 1 is 1.00 bits per heavy atom. The van der Waals surface area contributed by atoms with Gasteiger partial charge in [-0.2, -0.15) is 0 Å². The summed E-state index contributed by atoms with van der Waals surface area (Å²) in [5.41, 5.74) is 0.692. The normalized spacial score (nSPS) is 22.2. The van der Waals surface area contributed by atoms with Crippen LogP contribution in [0.2, 0.25) is 0 Å². The number of nitrogens with one attached hydrogen (secondary N) is 1. The van der Waals surface area contributed by atoms with Crippen LogP contribution in [0.15, 0.2) is 18.2 Å². The number of nitrogens with zero attached hydrogens (tertiary/aromatic N) is 2. The van der Waals surface area contributed by atoms with Gasteiger partial charge in [-0.1, -0.05) is 0 Å². The number of piperidine rings is 1. The summed E-state index contributed by atoms with van der Waals surface area (Å²) in [7, 11) is 0. The highest BCUT2D eigenvalue weighted by atomic mass is 16.7. The molecule has 25 heavy (non-hydrogen) atoms. The van der Waals surface area contributed by atoms with Crippen molar-refractivity contribution in [2.24, 2.45) is 5.92 Å². The van der Waals surface area contributed by atoms with Crippen molar-refractivity contribution in [1.29, 1.82) is 0 Å². The van der Waals surface area contributed by atoms with Crippen LogP contribution in [0, 0.1) is 5.92 Å². The van der Waals surface area contributed by atoms with Gasteiger partial charge in [0.15, 0.2) is 11.5 Å². The first-order valence-corrected chi connectivity index (χ1v) is 8.95. The summed E-state index contributed by atoms with van der Waals surface area (Å²) in [5, 5.41) is 2.94. The third kappa shape index (κ3) is 3.36. The number of carbonyl (C=O) groups is 2. The van der Waals surface area contributed by atoms with Gasteiger partial charge in [-0.25, -0.2) is 4.79 Å². The summed E-state index contributed by atoms with van der Waals surface area (Å²) in [4.78, 5) is 28.9. The average Bonchev–Trinajstić information content (AvgIpc) is 3.32. The van der Waals surface area contributed by atoms with Crippen LogP contribution in [0.3, 0.4) is 0 Å². The van der Waals surface area contributed by atoms with E-state index in [9.17, 15) is 9.59 Å². The van der Waals surface area contributed by atoms with E-state index in [1.807, 2.05) is 9.80 Å². The SMILES string of the molecule is O=C(Nc1ccc2c(c1)OCO2)[C@@H]1CCCN(C(=O)N2CCCC2)C1. The third-order valence-corrected chi connectivity index (χ3v) is 5.08. The van der Waals surface area contributed by atoms with Gasteiger partial charge < -0.3 is 24.6 Å². The molecule has 134 valence electrons. The van der Waals surface area contributed by atoms with Crippen molar-refractivity contribution in [3.63, 3.8) is 0 Å². The highest BCUT2D eigenvalue weighted by Crippen LogP contribution is 2.34. The number of amides is 3. The molecule has 0 bridgehead atoms. The molecule has 7 nitrogen and oxygen atoms in total. The molecule has 1 aromatic carbocycles. The van der Waals surface area contributed by atoms with E-state index >= 15 is 0 Å². The molecule has 0 aromatic heterocycles. The van der Waals surface area contributed by atoms with Gasteiger partial charge in [-0.05, 0) is 37.8 Å². The Kier molecular flexibility index (Phi) is 4.38. The van der Waals surface area contributed by atoms with Crippen LogP contribution >= 0.6 is 0 Å². The molecule has 7 heteroatoms. The zero-order valence-corrected chi connectivity index (χ0v) is 14.2.